The lowest BCUT2D eigenvalue weighted by atomic mass is 9.99. The molecule has 20 heavy (non-hydrogen) atoms. The monoisotopic (exact) mass is 275 g/mol. The lowest BCUT2D eigenvalue weighted by Crippen LogP contribution is -2.50. The first-order valence-electron chi connectivity index (χ1n) is 7.81. The lowest BCUT2D eigenvalue weighted by molar-refractivity contribution is 0.234. The van der Waals surface area contributed by atoms with Gasteiger partial charge in [-0.1, -0.05) is 24.6 Å². The summed E-state index contributed by atoms with van der Waals surface area (Å²) in [4.78, 5) is 4.96. The number of rotatable bonds is 4. The van der Waals surface area contributed by atoms with Crippen molar-refractivity contribution >= 4 is 5.69 Å². The van der Waals surface area contributed by atoms with E-state index in [2.05, 4.69) is 55.8 Å². The second-order valence-electron chi connectivity index (χ2n) is 6.28. The zero-order chi connectivity index (χ0) is 14.7. The third-order valence-corrected chi connectivity index (χ3v) is 4.54. The van der Waals surface area contributed by atoms with Gasteiger partial charge in [0.2, 0.25) is 0 Å². The number of hydrogen-bond acceptors (Lipinski definition) is 3. The molecular weight excluding hydrogens is 246 g/mol. The molecule has 0 amide bonds. The molecule has 0 aromatic heterocycles. The van der Waals surface area contributed by atoms with E-state index in [-0.39, 0.29) is 6.04 Å². The molecule has 0 aliphatic carbocycles. The van der Waals surface area contributed by atoms with E-state index in [0.29, 0.717) is 6.04 Å². The van der Waals surface area contributed by atoms with Crippen LogP contribution in [0.1, 0.15) is 31.4 Å². The first kappa shape index (κ1) is 15.3. The van der Waals surface area contributed by atoms with Crippen LogP contribution in [0.5, 0.6) is 0 Å². The molecule has 112 valence electrons. The van der Waals surface area contributed by atoms with Crippen LogP contribution in [0.2, 0.25) is 0 Å². The molecule has 2 atom stereocenters. The van der Waals surface area contributed by atoms with Gasteiger partial charge in [0.25, 0.3) is 0 Å². The van der Waals surface area contributed by atoms with Crippen molar-refractivity contribution < 1.29 is 0 Å². The zero-order valence-electron chi connectivity index (χ0n) is 13.4. The molecule has 1 heterocycles. The molecule has 0 radical (unpaired) electrons. The highest BCUT2D eigenvalue weighted by atomic mass is 15.3. The summed E-state index contributed by atoms with van der Waals surface area (Å²) in [7, 11) is 2.21. The van der Waals surface area contributed by atoms with Crippen LogP contribution in [-0.2, 0) is 6.42 Å². The second-order valence-corrected chi connectivity index (χ2v) is 6.28. The summed E-state index contributed by atoms with van der Waals surface area (Å²) in [6, 6.07) is 7.69. The van der Waals surface area contributed by atoms with Crippen LogP contribution in [-0.4, -0.2) is 43.7 Å². The van der Waals surface area contributed by atoms with Crippen molar-refractivity contribution in [3.63, 3.8) is 0 Å². The van der Waals surface area contributed by atoms with Crippen molar-refractivity contribution in [3.05, 3.63) is 29.3 Å². The molecule has 2 unspecified atom stereocenters. The van der Waals surface area contributed by atoms with E-state index >= 15 is 0 Å². The zero-order valence-corrected chi connectivity index (χ0v) is 13.4. The van der Waals surface area contributed by atoms with Gasteiger partial charge in [-0.05, 0) is 45.4 Å². The van der Waals surface area contributed by atoms with Crippen molar-refractivity contribution in [3.8, 4) is 0 Å². The highest BCUT2D eigenvalue weighted by Crippen LogP contribution is 2.25. The van der Waals surface area contributed by atoms with Gasteiger partial charge in [0.15, 0.2) is 0 Å². The first-order chi connectivity index (χ1) is 9.51. The molecular formula is C17H29N3. The van der Waals surface area contributed by atoms with Gasteiger partial charge in [-0.2, -0.15) is 0 Å². The van der Waals surface area contributed by atoms with Crippen LogP contribution in [0.3, 0.4) is 0 Å². The van der Waals surface area contributed by atoms with Crippen LogP contribution in [0.25, 0.3) is 0 Å². The van der Waals surface area contributed by atoms with Gasteiger partial charge in [-0.25, -0.2) is 0 Å². The number of benzene rings is 1. The number of nitrogens with two attached hydrogens (primary N) is 1. The largest absolute Gasteiger partial charge is 0.368 e. The van der Waals surface area contributed by atoms with Crippen molar-refractivity contribution in [2.75, 3.05) is 31.6 Å². The minimum atomic E-state index is 0.264. The smallest absolute Gasteiger partial charge is 0.0400 e. The summed E-state index contributed by atoms with van der Waals surface area (Å²) in [6.07, 6.45) is 2.01. The number of nitrogens with zero attached hydrogens (tertiary/aromatic N) is 2. The molecule has 1 aliphatic rings. The Morgan fingerprint density at radius 1 is 1.35 bits per heavy atom. The van der Waals surface area contributed by atoms with Crippen molar-refractivity contribution in [2.45, 2.75) is 45.7 Å². The average molecular weight is 275 g/mol. The van der Waals surface area contributed by atoms with E-state index in [1.54, 1.807) is 0 Å². The topological polar surface area (TPSA) is 32.5 Å². The molecule has 1 aromatic carbocycles. The fourth-order valence-corrected chi connectivity index (χ4v) is 2.88. The number of aryl methyl sites for hydroxylation is 1. The van der Waals surface area contributed by atoms with Crippen LogP contribution in [0.4, 0.5) is 5.69 Å². The van der Waals surface area contributed by atoms with Crippen molar-refractivity contribution in [2.24, 2.45) is 5.73 Å². The molecule has 3 heteroatoms. The van der Waals surface area contributed by atoms with Gasteiger partial charge >= 0.3 is 0 Å². The summed E-state index contributed by atoms with van der Waals surface area (Å²) in [5.41, 5.74) is 10.3. The Hall–Kier alpha value is -1.06. The fourth-order valence-electron chi connectivity index (χ4n) is 2.88. The lowest BCUT2D eigenvalue weighted by Gasteiger charge is -2.40. The fraction of sp³-hybridized carbons (Fsp3) is 0.647. The van der Waals surface area contributed by atoms with Gasteiger partial charge in [0, 0.05) is 37.4 Å². The summed E-state index contributed by atoms with van der Waals surface area (Å²) in [5.74, 6) is 0. The third kappa shape index (κ3) is 3.53. The van der Waals surface area contributed by atoms with Crippen LogP contribution in [0.15, 0.2) is 18.2 Å². The standard InChI is InChI=1S/C17H29N3/c1-5-16(18)11-15-10-13(2)6-7-17(15)20-9-8-19(4)14(3)12-20/h6-7,10,14,16H,5,8-9,11-12,18H2,1-4H3. The predicted octanol–water partition coefficient (Wildman–Crippen LogP) is 2.42. The molecule has 0 spiro atoms. The minimum absolute atomic E-state index is 0.264. The Morgan fingerprint density at radius 2 is 2.10 bits per heavy atom. The third-order valence-electron chi connectivity index (χ3n) is 4.54. The Morgan fingerprint density at radius 3 is 2.75 bits per heavy atom. The molecule has 0 saturated carbocycles. The SMILES string of the molecule is CCC(N)Cc1cc(C)ccc1N1CCN(C)C(C)C1. The van der Waals surface area contributed by atoms with E-state index in [4.69, 9.17) is 5.73 Å². The van der Waals surface area contributed by atoms with E-state index < -0.39 is 0 Å². The molecule has 2 N–H and O–H groups in total. The van der Waals surface area contributed by atoms with Crippen molar-refractivity contribution in [1.29, 1.82) is 0 Å². The predicted molar refractivity (Wildman–Crippen MR) is 87.5 cm³/mol. The van der Waals surface area contributed by atoms with Gasteiger partial charge in [-0.3, -0.25) is 0 Å². The highest BCUT2D eigenvalue weighted by molar-refractivity contribution is 5.56. The summed E-state index contributed by atoms with van der Waals surface area (Å²) < 4.78 is 0. The number of anilines is 1. The Labute approximate surface area is 123 Å². The molecule has 0 bridgehead atoms. The maximum absolute atomic E-state index is 6.18. The molecule has 1 fully saturated rings. The van der Waals surface area contributed by atoms with E-state index in [1.807, 2.05) is 0 Å². The molecule has 3 nitrogen and oxygen atoms in total. The number of piperazine rings is 1. The van der Waals surface area contributed by atoms with Gasteiger partial charge in [0.05, 0.1) is 0 Å². The normalized spacial score (nSPS) is 22.1. The van der Waals surface area contributed by atoms with E-state index in [0.717, 1.165) is 32.5 Å². The van der Waals surface area contributed by atoms with Crippen LogP contribution in [0, 0.1) is 6.92 Å². The quantitative estimate of drug-likeness (QED) is 0.916. The number of hydrogen-bond donors (Lipinski definition) is 1. The Balaban J connectivity index is 2.22. The molecule has 1 aromatic rings. The van der Waals surface area contributed by atoms with E-state index in [1.165, 1.54) is 16.8 Å². The Bertz CT molecular complexity index is 444. The van der Waals surface area contributed by atoms with Crippen molar-refractivity contribution in [1.82, 2.24) is 4.90 Å². The summed E-state index contributed by atoms with van der Waals surface area (Å²) >= 11 is 0. The first-order valence-corrected chi connectivity index (χ1v) is 7.81. The maximum atomic E-state index is 6.18. The minimum Gasteiger partial charge on any atom is -0.368 e. The van der Waals surface area contributed by atoms with Gasteiger partial charge in [0.1, 0.15) is 0 Å². The van der Waals surface area contributed by atoms with Gasteiger partial charge < -0.3 is 15.5 Å². The summed E-state index contributed by atoms with van der Waals surface area (Å²) in [5, 5.41) is 0. The summed E-state index contributed by atoms with van der Waals surface area (Å²) in [6.45, 7) is 9.98. The number of likely N-dealkylation sites (N-methyl/N-ethyl adjacent to an activating group) is 1. The second kappa shape index (κ2) is 6.59. The van der Waals surface area contributed by atoms with Gasteiger partial charge in [-0.15, -0.1) is 0 Å². The van der Waals surface area contributed by atoms with Crippen LogP contribution < -0.4 is 10.6 Å². The molecule has 1 saturated heterocycles. The molecule has 1 aliphatic heterocycles. The maximum Gasteiger partial charge on any atom is 0.0400 e. The Kier molecular flexibility index (Phi) is 5.06. The van der Waals surface area contributed by atoms with E-state index in [9.17, 15) is 0 Å². The molecule has 2 rings (SSSR count). The highest BCUT2D eigenvalue weighted by Gasteiger charge is 2.22. The average Bonchev–Trinajstić information content (AvgIpc) is 2.42. The van der Waals surface area contributed by atoms with Crippen LogP contribution >= 0.6 is 0 Å².